The van der Waals surface area contributed by atoms with Crippen LogP contribution in [0.4, 0.5) is 23.4 Å². The smallest absolute Gasteiger partial charge is 0.419 e. The Morgan fingerprint density at radius 3 is 2.37 bits per heavy atom. The fourth-order valence-electron chi connectivity index (χ4n) is 3.09. The molecule has 1 aromatic heterocycles. The van der Waals surface area contributed by atoms with Crippen molar-refractivity contribution in [1.82, 2.24) is 4.98 Å². The van der Waals surface area contributed by atoms with Gasteiger partial charge in [-0.05, 0) is 44.5 Å². The van der Waals surface area contributed by atoms with Crippen LogP contribution in [0, 0.1) is 5.82 Å². The molecule has 0 aliphatic carbocycles. The highest BCUT2D eigenvalue weighted by Crippen LogP contribution is 2.37. The molecule has 2 N–H and O–H groups in total. The molecule has 0 unspecified atom stereocenters. The van der Waals surface area contributed by atoms with E-state index in [1.165, 1.54) is 6.07 Å². The number of carbonyl (C=O) groups is 1. The third-order valence-electron chi connectivity index (χ3n) is 4.57. The maximum Gasteiger partial charge on any atom is 0.419 e. The standard InChI is InChI=1S/C25H23F4N3O3/c1-24(2,3)35-23(33)21-20(34-13-15-7-5-4-6-8-15)12-19(32-22(21)31-14-30)16-9-10-18(26)17(11-16)25(27,28)29/h4-12,14H,13H2,1-3H3,(H2,30,31,32). The van der Waals surface area contributed by atoms with Gasteiger partial charge in [0.2, 0.25) is 0 Å². The number of aromatic nitrogens is 1. The second kappa shape index (κ2) is 10.1. The highest BCUT2D eigenvalue weighted by Gasteiger charge is 2.34. The Balaban J connectivity index is 2.18. The molecule has 0 saturated carbocycles. The lowest BCUT2D eigenvalue weighted by Gasteiger charge is -2.21. The summed E-state index contributed by atoms with van der Waals surface area (Å²) in [6.07, 6.45) is -4.03. The van der Waals surface area contributed by atoms with E-state index in [9.17, 15) is 22.4 Å². The second-order valence-corrected chi connectivity index (χ2v) is 8.45. The van der Waals surface area contributed by atoms with Gasteiger partial charge in [0.1, 0.15) is 29.3 Å². The van der Waals surface area contributed by atoms with Gasteiger partial charge in [-0.2, -0.15) is 13.2 Å². The molecule has 0 saturated heterocycles. The molecular formula is C25H23F4N3O3. The summed E-state index contributed by atoms with van der Waals surface area (Å²) in [5, 5.41) is 0. The first-order valence-corrected chi connectivity index (χ1v) is 10.5. The Bertz CT molecular complexity index is 1240. The van der Waals surface area contributed by atoms with Crippen molar-refractivity contribution in [2.45, 2.75) is 39.2 Å². The zero-order chi connectivity index (χ0) is 25.8. The number of hydrogen-bond donors (Lipinski definition) is 1. The van der Waals surface area contributed by atoms with Crippen molar-refractivity contribution in [1.29, 1.82) is 0 Å². The Labute approximate surface area is 199 Å². The predicted octanol–water partition coefficient (Wildman–Crippen LogP) is 6.06. The number of nitrogens with zero attached hydrogens (tertiary/aromatic N) is 2. The van der Waals surface area contributed by atoms with Crippen LogP contribution in [0.25, 0.3) is 11.3 Å². The number of esters is 1. The molecule has 3 aromatic rings. The highest BCUT2D eigenvalue weighted by molar-refractivity contribution is 5.98. The van der Waals surface area contributed by atoms with Gasteiger partial charge in [-0.25, -0.2) is 19.2 Å². The molecule has 0 radical (unpaired) electrons. The van der Waals surface area contributed by atoms with E-state index >= 15 is 0 Å². The van der Waals surface area contributed by atoms with E-state index in [0.29, 0.717) is 12.1 Å². The number of alkyl halides is 3. The van der Waals surface area contributed by atoms with Crippen LogP contribution < -0.4 is 10.5 Å². The van der Waals surface area contributed by atoms with Gasteiger partial charge in [0, 0.05) is 11.6 Å². The molecule has 0 aliphatic rings. The number of pyridine rings is 1. The lowest BCUT2D eigenvalue weighted by Crippen LogP contribution is -2.24. The van der Waals surface area contributed by atoms with E-state index in [1.54, 1.807) is 45.0 Å². The van der Waals surface area contributed by atoms with Gasteiger partial charge in [0.05, 0.1) is 17.6 Å². The number of aliphatic imine (C=N–C) groups is 1. The van der Waals surface area contributed by atoms with E-state index in [2.05, 4.69) is 9.98 Å². The van der Waals surface area contributed by atoms with Crippen LogP contribution in [0.2, 0.25) is 0 Å². The number of halogens is 4. The molecule has 0 aliphatic heterocycles. The Morgan fingerprint density at radius 1 is 1.09 bits per heavy atom. The zero-order valence-electron chi connectivity index (χ0n) is 19.2. The number of hydrogen-bond acceptors (Lipinski definition) is 5. The molecule has 0 spiro atoms. The van der Waals surface area contributed by atoms with E-state index < -0.39 is 29.1 Å². The largest absolute Gasteiger partial charge is 0.488 e. The van der Waals surface area contributed by atoms with Crippen molar-refractivity contribution in [2.24, 2.45) is 10.7 Å². The monoisotopic (exact) mass is 489 g/mol. The molecule has 10 heteroatoms. The summed E-state index contributed by atoms with van der Waals surface area (Å²) >= 11 is 0. The van der Waals surface area contributed by atoms with Crippen molar-refractivity contribution in [3.05, 3.63) is 77.1 Å². The van der Waals surface area contributed by atoms with Crippen LogP contribution in [0.3, 0.4) is 0 Å². The van der Waals surface area contributed by atoms with E-state index in [0.717, 1.165) is 18.0 Å². The maximum atomic E-state index is 13.8. The van der Waals surface area contributed by atoms with Gasteiger partial charge in [-0.1, -0.05) is 30.3 Å². The molecule has 184 valence electrons. The van der Waals surface area contributed by atoms with Crippen LogP contribution in [0.1, 0.15) is 42.3 Å². The minimum atomic E-state index is -4.92. The van der Waals surface area contributed by atoms with Gasteiger partial charge in [0.15, 0.2) is 5.82 Å². The molecule has 6 nitrogen and oxygen atoms in total. The fourth-order valence-corrected chi connectivity index (χ4v) is 3.09. The summed E-state index contributed by atoms with van der Waals surface area (Å²) in [5.74, 6) is -2.49. The Hall–Kier alpha value is -3.95. The van der Waals surface area contributed by atoms with Crippen molar-refractivity contribution in [3.8, 4) is 17.0 Å². The Morgan fingerprint density at radius 2 is 1.77 bits per heavy atom. The summed E-state index contributed by atoms with van der Waals surface area (Å²) in [6.45, 7) is 5.03. The Kier molecular flexibility index (Phi) is 7.42. The molecular weight excluding hydrogens is 466 g/mol. The fraction of sp³-hybridized carbons (Fsp3) is 0.240. The molecule has 0 amide bonds. The molecule has 1 heterocycles. The molecule has 0 atom stereocenters. The molecule has 0 bridgehead atoms. The van der Waals surface area contributed by atoms with Gasteiger partial charge >= 0.3 is 12.1 Å². The summed E-state index contributed by atoms with van der Waals surface area (Å²) in [5.41, 5.74) is 3.64. The summed E-state index contributed by atoms with van der Waals surface area (Å²) in [4.78, 5) is 21.1. The zero-order valence-corrected chi connectivity index (χ0v) is 19.2. The van der Waals surface area contributed by atoms with Gasteiger partial charge < -0.3 is 15.2 Å². The first-order valence-electron chi connectivity index (χ1n) is 10.5. The van der Waals surface area contributed by atoms with Gasteiger partial charge in [0.25, 0.3) is 0 Å². The third-order valence-corrected chi connectivity index (χ3v) is 4.57. The molecule has 0 fully saturated rings. The summed E-state index contributed by atoms with van der Waals surface area (Å²) in [7, 11) is 0. The van der Waals surface area contributed by atoms with E-state index in [4.69, 9.17) is 15.2 Å². The molecule has 3 rings (SSSR count). The van der Waals surface area contributed by atoms with Crippen molar-refractivity contribution in [2.75, 3.05) is 0 Å². The minimum absolute atomic E-state index is 0.0308. The van der Waals surface area contributed by atoms with Crippen LogP contribution in [-0.4, -0.2) is 22.9 Å². The van der Waals surface area contributed by atoms with Gasteiger partial charge in [-0.3, -0.25) is 0 Å². The number of ether oxygens (including phenoxy) is 2. The second-order valence-electron chi connectivity index (χ2n) is 8.45. The lowest BCUT2D eigenvalue weighted by atomic mass is 10.0. The normalized spacial score (nSPS) is 12.1. The average Bonchev–Trinajstić information content (AvgIpc) is 2.76. The highest BCUT2D eigenvalue weighted by atomic mass is 19.4. The topological polar surface area (TPSA) is 86.8 Å². The van der Waals surface area contributed by atoms with Gasteiger partial charge in [-0.15, -0.1) is 0 Å². The number of carbonyl (C=O) groups excluding carboxylic acids is 1. The lowest BCUT2D eigenvalue weighted by molar-refractivity contribution is -0.139. The minimum Gasteiger partial charge on any atom is -0.488 e. The van der Waals surface area contributed by atoms with Crippen LogP contribution in [0.15, 0.2) is 59.6 Å². The van der Waals surface area contributed by atoms with Crippen LogP contribution >= 0.6 is 0 Å². The van der Waals surface area contributed by atoms with Crippen LogP contribution in [-0.2, 0) is 17.5 Å². The first-order chi connectivity index (χ1) is 16.4. The quantitative estimate of drug-likeness (QED) is 0.197. The number of nitrogens with two attached hydrogens (primary N) is 1. The average molecular weight is 489 g/mol. The first kappa shape index (κ1) is 25.7. The third kappa shape index (κ3) is 6.56. The summed E-state index contributed by atoms with van der Waals surface area (Å²) in [6, 6.07) is 12.7. The summed E-state index contributed by atoms with van der Waals surface area (Å²) < 4.78 is 65.0. The molecule has 2 aromatic carbocycles. The molecule has 35 heavy (non-hydrogen) atoms. The SMILES string of the molecule is CC(C)(C)OC(=O)c1c(OCc2ccccc2)cc(-c2ccc(F)c(C(F)(F)F)c2)nc1N=CN. The van der Waals surface area contributed by atoms with Crippen molar-refractivity contribution < 1.29 is 31.8 Å². The maximum absolute atomic E-state index is 13.8. The number of rotatable bonds is 6. The van der Waals surface area contributed by atoms with E-state index in [1.807, 2.05) is 6.07 Å². The number of benzene rings is 2. The van der Waals surface area contributed by atoms with Crippen molar-refractivity contribution in [3.63, 3.8) is 0 Å². The van der Waals surface area contributed by atoms with Crippen molar-refractivity contribution >= 4 is 18.1 Å². The predicted molar refractivity (Wildman–Crippen MR) is 123 cm³/mol. The van der Waals surface area contributed by atoms with E-state index in [-0.39, 0.29) is 35.0 Å². The van der Waals surface area contributed by atoms with Crippen LogP contribution in [0.5, 0.6) is 5.75 Å².